The first-order valence-corrected chi connectivity index (χ1v) is 3.69. The molecule has 1 aromatic heterocycles. The van der Waals surface area contributed by atoms with E-state index in [4.69, 9.17) is 9.52 Å². The van der Waals surface area contributed by atoms with Crippen molar-refractivity contribution in [2.24, 2.45) is 0 Å². The molecule has 0 aromatic carbocycles. The van der Waals surface area contributed by atoms with Crippen LogP contribution in [0.2, 0.25) is 0 Å². The Morgan fingerprint density at radius 2 is 2.15 bits per heavy atom. The minimum Gasteiger partial charge on any atom is -0.469 e. The SMILES string of the molecule is Cc1ccoc1CC(O)C(F)(F)F. The fourth-order valence-electron chi connectivity index (χ4n) is 0.905. The topological polar surface area (TPSA) is 33.4 Å². The predicted molar refractivity (Wildman–Crippen MR) is 39.2 cm³/mol. The summed E-state index contributed by atoms with van der Waals surface area (Å²) in [4.78, 5) is 0. The Kier molecular flexibility index (Phi) is 2.66. The van der Waals surface area contributed by atoms with Gasteiger partial charge in [-0.05, 0) is 18.6 Å². The van der Waals surface area contributed by atoms with E-state index >= 15 is 0 Å². The molecule has 2 nitrogen and oxygen atoms in total. The van der Waals surface area contributed by atoms with E-state index in [1.807, 2.05) is 0 Å². The van der Waals surface area contributed by atoms with Gasteiger partial charge in [-0.25, -0.2) is 0 Å². The lowest BCUT2D eigenvalue weighted by Gasteiger charge is -2.12. The molecule has 0 aliphatic rings. The summed E-state index contributed by atoms with van der Waals surface area (Å²) in [5.74, 6) is 0.171. The molecule has 0 spiro atoms. The number of alkyl halides is 3. The monoisotopic (exact) mass is 194 g/mol. The first-order valence-electron chi connectivity index (χ1n) is 3.69. The summed E-state index contributed by atoms with van der Waals surface area (Å²) < 4.78 is 40.4. The highest BCUT2D eigenvalue weighted by atomic mass is 19.4. The lowest BCUT2D eigenvalue weighted by atomic mass is 10.1. The summed E-state index contributed by atoms with van der Waals surface area (Å²) in [5.41, 5.74) is 0.614. The summed E-state index contributed by atoms with van der Waals surface area (Å²) in [6.45, 7) is 1.63. The predicted octanol–water partition coefficient (Wildman–Crippen LogP) is 2.05. The molecule has 0 aliphatic heterocycles. The number of hydrogen-bond acceptors (Lipinski definition) is 2. The zero-order valence-electron chi connectivity index (χ0n) is 6.93. The molecule has 0 saturated heterocycles. The molecule has 0 radical (unpaired) electrons. The Balaban J connectivity index is 2.65. The van der Waals surface area contributed by atoms with E-state index in [-0.39, 0.29) is 5.76 Å². The Morgan fingerprint density at radius 1 is 1.54 bits per heavy atom. The van der Waals surface area contributed by atoms with E-state index < -0.39 is 18.7 Å². The molecular weight excluding hydrogens is 185 g/mol. The number of rotatable bonds is 2. The van der Waals surface area contributed by atoms with Gasteiger partial charge in [0, 0.05) is 6.42 Å². The fraction of sp³-hybridized carbons (Fsp3) is 0.500. The van der Waals surface area contributed by atoms with Gasteiger partial charge in [-0.15, -0.1) is 0 Å². The normalized spacial score (nSPS) is 14.5. The second kappa shape index (κ2) is 3.41. The van der Waals surface area contributed by atoms with Crippen molar-refractivity contribution in [3.05, 3.63) is 23.7 Å². The largest absolute Gasteiger partial charge is 0.469 e. The number of halogens is 3. The van der Waals surface area contributed by atoms with Gasteiger partial charge in [-0.3, -0.25) is 0 Å². The van der Waals surface area contributed by atoms with Gasteiger partial charge in [0.15, 0.2) is 6.10 Å². The van der Waals surface area contributed by atoms with E-state index in [1.165, 1.54) is 6.26 Å². The number of furan rings is 1. The molecule has 0 amide bonds. The molecule has 1 aromatic rings. The number of aliphatic hydroxyl groups is 1. The Labute approximate surface area is 73.0 Å². The van der Waals surface area contributed by atoms with Crippen LogP contribution in [0.1, 0.15) is 11.3 Å². The van der Waals surface area contributed by atoms with Crippen LogP contribution in [0.15, 0.2) is 16.7 Å². The average molecular weight is 194 g/mol. The third kappa shape index (κ3) is 2.48. The van der Waals surface area contributed by atoms with E-state index in [0.29, 0.717) is 5.56 Å². The van der Waals surface area contributed by atoms with Crippen LogP contribution >= 0.6 is 0 Å². The molecule has 1 N–H and O–H groups in total. The minimum atomic E-state index is -4.58. The van der Waals surface area contributed by atoms with Crippen LogP contribution in [0.25, 0.3) is 0 Å². The van der Waals surface area contributed by atoms with Gasteiger partial charge in [0.1, 0.15) is 5.76 Å². The summed E-state index contributed by atoms with van der Waals surface area (Å²) >= 11 is 0. The molecule has 5 heteroatoms. The summed E-state index contributed by atoms with van der Waals surface area (Å²) in [5, 5.41) is 8.70. The molecule has 13 heavy (non-hydrogen) atoms. The van der Waals surface area contributed by atoms with Crippen molar-refractivity contribution >= 4 is 0 Å². The molecule has 0 aliphatic carbocycles. The first-order chi connectivity index (χ1) is 5.91. The Hall–Kier alpha value is -0.970. The Morgan fingerprint density at radius 3 is 2.54 bits per heavy atom. The molecule has 1 heterocycles. The van der Waals surface area contributed by atoms with Crippen molar-refractivity contribution in [2.45, 2.75) is 25.6 Å². The lowest BCUT2D eigenvalue weighted by Crippen LogP contribution is -2.30. The molecule has 1 unspecified atom stereocenters. The molecule has 1 atom stereocenters. The van der Waals surface area contributed by atoms with Gasteiger partial charge in [-0.2, -0.15) is 13.2 Å². The maximum absolute atomic E-state index is 11.9. The molecule has 74 valence electrons. The Bertz CT molecular complexity index is 277. The zero-order valence-corrected chi connectivity index (χ0v) is 6.93. The third-order valence-electron chi connectivity index (χ3n) is 1.72. The van der Waals surface area contributed by atoms with E-state index in [9.17, 15) is 13.2 Å². The number of aliphatic hydroxyl groups excluding tert-OH is 1. The second-order valence-electron chi connectivity index (χ2n) is 2.79. The van der Waals surface area contributed by atoms with Crippen molar-refractivity contribution < 1.29 is 22.7 Å². The van der Waals surface area contributed by atoms with Crippen molar-refractivity contribution in [2.75, 3.05) is 0 Å². The third-order valence-corrected chi connectivity index (χ3v) is 1.72. The first kappa shape index (κ1) is 10.1. The maximum Gasteiger partial charge on any atom is 0.414 e. The van der Waals surface area contributed by atoms with Crippen molar-refractivity contribution in [1.82, 2.24) is 0 Å². The molecule has 0 bridgehead atoms. The highest BCUT2D eigenvalue weighted by Crippen LogP contribution is 2.24. The van der Waals surface area contributed by atoms with Gasteiger partial charge in [-0.1, -0.05) is 0 Å². The number of hydrogen-bond donors (Lipinski definition) is 1. The quantitative estimate of drug-likeness (QED) is 0.781. The second-order valence-corrected chi connectivity index (χ2v) is 2.79. The summed E-state index contributed by atoms with van der Waals surface area (Å²) in [7, 11) is 0. The van der Waals surface area contributed by atoms with Crippen LogP contribution in [0.4, 0.5) is 13.2 Å². The van der Waals surface area contributed by atoms with E-state index in [1.54, 1.807) is 13.0 Å². The van der Waals surface area contributed by atoms with Crippen molar-refractivity contribution in [1.29, 1.82) is 0 Å². The average Bonchev–Trinajstić information content (AvgIpc) is 2.34. The zero-order chi connectivity index (χ0) is 10.1. The molecule has 0 saturated carbocycles. The number of aryl methyl sites for hydroxylation is 1. The summed E-state index contributed by atoms with van der Waals surface area (Å²) in [6.07, 6.45) is -6.16. The van der Waals surface area contributed by atoms with Crippen molar-refractivity contribution in [3.8, 4) is 0 Å². The molecule has 1 rings (SSSR count). The minimum absolute atomic E-state index is 0.171. The van der Waals surface area contributed by atoms with Gasteiger partial charge < -0.3 is 9.52 Å². The smallest absolute Gasteiger partial charge is 0.414 e. The van der Waals surface area contributed by atoms with Crippen LogP contribution < -0.4 is 0 Å². The van der Waals surface area contributed by atoms with E-state index in [0.717, 1.165) is 0 Å². The lowest BCUT2D eigenvalue weighted by molar-refractivity contribution is -0.203. The summed E-state index contributed by atoms with van der Waals surface area (Å²) in [6, 6.07) is 1.55. The highest BCUT2D eigenvalue weighted by Gasteiger charge is 2.38. The van der Waals surface area contributed by atoms with Gasteiger partial charge in [0.2, 0.25) is 0 Å². The van der Waals surface area contributed by atoms with Gasteiger partial charge in [0.25, 0.3) is 0 Å². The maximum atomic E-state index is 11.9. The fourth-order valence-corrected chi connectivity index (χ4v) is 0.905. The molecular formula is C8H9F3O2. The van der Waals surface area contributed by atoms with Gasteiger partial charge >= 0.3 is 6.18 Å². The van der Waals surface area contributed by atoms with Crippen LogP contribution in [-0.2, 0) is 6.42 Å². The highest BCUT2D eigenvalue weighted by molar-refractivity contribution is 5.15. The van der Waals surface area contributed by atoms with Crippen molar-refractivity contribution in [3.63, 3.8) is 0 Å². The van der Waals surface area contributed by atoms with Gasteiger partial charge in [0.05, 0.1) is 6.26 Å². The van der Waals surface area contributed by atoms with Crippen LogP contribution in [0.3, 0.4) is 0 Å². The van der Waals surface area contributed by atoms with Crippen LogP contribution in [0.5, 0.6) is 0 Å². The standard InChI is InChI=1S/C8H9F3O2/c1-5-2-3-13-6(5)4-7(12)8(9,10)11/h2-3,7,12H,4H2,1H3. The van der Waals surface area contributed by atoms with Crippen LogP contribution in [-0.4, -0.2) is 17.4 Å². The van der Waals surface area contributed by atoms with E-state index in [2.05, 4.69) is 0 Å². The van der Waals surface area contributed by atoms with Crippen LogP contribution in [0, 0.1) is 6.92 Å². The molecule has 0 fully saturated rings.